The first-order chi connectivity index (χ1) is 12.7. The number of fused-ring (bicyclic) bond motifs is 1. The van der Waals surface area contributed by atoms with Gasteiger partial charge >= 0.3 is 0 Å². The van der Waals surface area contributed by atoms with E-state index in [1.807, 2.05) is 22.8 Å². The summed E-state index contributed by atoms with van der Waals surface area (Å²) in [5.74, 6) is 0.279. The molecule has 0 spiro atoms. The highest BCUT2D eigenvalue weighted by Crippen LogP contribution is 2.22. The first-order valence-corrected chi connectivity index (χ1v) is 9.44. The zero-order chi connectivity index (χ0) is 17.9. The highest BCUT2D eigenvalue weighted by atomic mass is 16.2. The molecule has 0 saturated carbocycles. The summed E-state index contributed by atoms with van der Waals surface area (Å²) in [7, 11) is 1.95. The molecule has 0 atom stereocenters. The number of aromatic nitrogens is 2. The van der Waals surface area contributed by atoms with Gasteiger partial charge in [-0.3, -0.25) is 14.4 Å². The van der Waals surface area contributed by atoms with Gasteiger partial charge in [-0.05, 0) is 29.5 Å². The minimum Gasteiger partial charge on any atom is -0.338 e. The van der Waals surface area contributed by atoms with Gasteiger partial charge in [-0.1, -0.05) is 30.3 Å². The molecule has 0 N–H and O–H groups in total. The SMILES string of the molecule is Cn1cc(C2=CCN(CCC(=O)N3CCc4ccccc4C3)CC2)cn1. The summed E-state index contributed by atoms with van der Waals surface area (Å²) < 4.78 is 1.85. The molecule has 3 heterocycles. The number of amides is 1. The molecule has 0 radical (unpaired) electrons. The average molecular weight is 350 g/mol. The summed E-state index contributed by atoms with van der Waals surface area (Å²) in [4.78, 5) is 17.0. The molecular formula is C21H26N4O. The molecule has 0 unspecified atom stereocenters. The van der Waals surface area contributed by atoms with Crippen molar-refractivity contribution in [3.8, 4) is 0 Å². The lowest BCUT2D eigenvalue weighted by Crippen LogP contribution is -2.38. The van der Waals surface area contributed by atoms with Gasteiger partial charge in [-0.2, -0.15) is 5.10 Å². The highest BCUT2D eigenvalue weighted by molar-refractivity contribution is 5.76. The molecule has 4 rings (SSSR count). The lowest BCUT2D eigenvalue weighted by molar-refractivity contribution is -0.132. The molecule has 1 aromatic carbocycles. The minimum absolute atomic E-state index is 0.279. The van der Waals surface area contributed by atoms with Crippen LogP contribution in [0.2, 0.25) is 0 Å². The Kier molecular flexibility index (Phi) is 4.89. The molecule has 136 valence electrons. The van der Waals surface area contributed by atoms with E-state index in [4.69, 9.17) is 0 Å². The summed E-state index contributed by atoms with van der Waals surface area (Å²) >= 11 is 0. The van der Waals surface area contributed by atoms with E-state index in [0.717, 1.165) is 45.6 Å². The number of aryl methyl sites for hydroxylation is 1. The third-order valence-electron chi connectivity index (χ3n) is 5.49. The Morgan fingerprint density at radius 3 is 2.73 bits per heavy atom. The lowest BCUT2D eigenvalue weighted by atomic mass is 9.99. The standard InChI is InChI=1S/C21H26N4O/c1-23-15-20(14-22-23)18-6-10-24(11-7-18)12-9-21(26)25-13-8-17-4-2-3-5-19(17)16-25/h2-6,14-15H,7-13,16H2,1H3. The van der Waals surface area contributed by atoms with Gasteiger partial charge in [0.25, 0.3) is 0 Å². The van der Waals surface area contributed by atoms with Crippen LogP contribution in [0, 0.1) is 0 Å². The summed E-state index contributed by atoms with van der Waals surface area (Å²) in [6, 6.07) is 8.47. The first kappa shape index (κ1) is 17.0. The maximum absolute atomic E-state index is 12.6. The molecular weight excluding hydrogens is 324 g/mol. The van der Waals surface area contributed by atoms with E-state index in [1.165, 1.54) is 22.3 Å². The molecule has 1 amide bonds. The Balaban J connectivity index is 1.27. The van der Waals surface area contributed by atoms with Crippen LogP contribution in [-0.2, 0) is 24.8 Å². The number of carbonyl (C=O) groups is 1. The number of rotatable bonds is 4. The van der Waals surface area contributed by atoms with Gasteiger partial charge in [0, 0.05) is 58.0 Å². The van der Waals surface area contributed by atoms with E-state index in [9.17, 15) is 4.79 Å². The van der Waals surface area contributed by atoms with Crippen molar-refractivity contribution < 1.29 is 4.79 Å². The Morgan fingerprint density at radius 2 is 2.00 bits per heavy atom. The molecule has 1 aromatic heterocycles. The fourth-order valence-corrected chi connectivity index (χ4v) is 3.88. The maximum Gasteiger partial charge on any atom is 0.224 e. The molecule has 26 heavy (non-hydrogen) atoms. The van der Waals surface area contributed by atoms with Gasteiger partial charge in [0.2, 0.25) is 5.91 Å². The fraction of sp³-hybridized carbons (Fsp3) is 0.429. The molecule has 5 heteroatoms. The number of benzene rings is 1. The third-order valence-corrected chi connectivity index (χ3v) is 5.49. The van der Waals surface area contributed by atoms with E-state index in [-0.39, 0.29) is 5.91 Å². The van der Waals surface area contributed by atoms with Crippen molar-refractivity contribution >= 4 is 11.5 Å². The molecule has 0 fully saturated rings. The smallest absolute Gasteiger partial charge is 0.224 e. The van der Waals surface area contributed by atoms with Crippen molar-refractivity contribution in [3.63, 3.8) is 0 Å². The largest absolute Gasteiger partial charge is 0.338 e. The zero-order valence-corrected chi connectivity index (χ0v) is 15.4. The van der Waals surface area contributed by atoms with Crippen LogP contribution in [0.3, 0.4) is 0 Å². The van der Waals surface area contributed by atoms with Crippen molar-refractivity contribution in [2.75, 3.05) is 26.2 Å². The normalized spacial score (nSPS) is 17.7. The third kappa shape index (κ3) is 3.73. The predicted octanol–water partition coefficient (Wildman–Crippen LogP) is 2.48. The number of carbonyl (C=O) groups excluding carboxylic acids is 1. The van der Waals surface area contributed by atoms with Gasteiger partial charge in [-0.15, -0.1) is 0 Å². The Bertz CT molecular complexity index is 823. The zero-order valence-electron chi connectivity index (χ0n) is 15.4. The van der Waals surface area contributed by atoms with Crippen molar-refractivity contribution in [1.82, 2.24) is 19.6 Å². The second-order valence-corrected chi connectivity index (χ2v) is 7.27. The molecule has 0 bridgehead atoms. The van der Waals surface area contributed by atoms with E-state index in [2.05, 4.69) is 46.5 Å². The van der Waals surface area contributed by atoms with Gasteiger partial charge in [0.1, 0.15) is 0 Å². The number of hydrogen-bond donors (Lipinski definition) is 0. The van der Waals surface area contributed by atoms with E-state index in [1.54, 1.807) is 0 Å². The summed E-state index contributed by atoms with van der Waals surface area (Å²) in [5.41, 5.74) is 5.28. The predicted molar refractivity (Wildman–Crippen MR) is 102 cm³/mol. The van der Waals surface area contributed by atoms with Gasteiger partial charge in [0.05, 0.1) is 6.20 Å². The van der Waals surface area contributed by atoms with Crippen LogP contribution in [0.4, 0.5) is 0 Å². The van der Waals surface area contributed by atoms with Crippen molar-refractivity contribution in [2.24, 2.45) is 7.05 Å². The van der Waals surface area contributed by atoms with Crippen molar-refractivity contribution in [3.05, 3.63) is 59.4 Å². The van der Waals surface area contributed by atoms with E-state index in [0.29, 0.717) is 6.42 Å². The topological polar surface area (TPSA) is 41.4 Å². The van der Waals surface area contributed by atoms with Crippen LogP contribution in [-0.4, -0.2) is 51.7 Å². The molecule has 2 aromatic rings. The average Bonchev–Trinajstić information content (AvgIpc) is 3.12. The van der Waals surface area contributed by atoms with Crippen LogP contribution >= 0.6 is 0 Å². The van der Waals surface area contributed by atoms with E-state index < -0.39 is 0 Å². The fourth-order valence-electron chi connectivity index (χ4n) is 3.88. The second kappa shape index (κ2) is 7.46. The quantitative estimate of drug-likeness (QED) is 0.851. The van der Waals surface area contributed by atoms with Crippen LogP contribution < -0.4 is 0 Å². The van der Waals surface area contributed by atoms with Gasteiger partial charge in [0.15, 0.2) is 0 Å². The van der Waals surface area contributed by atoms with Crippen molar-refractivity contribution in [1.29, 1.82) is 0 Å². The number of hydrogen-bond acceptors (Lipinski definition) is 3. The summed E-state index contributed by atoms with van der Waals surface area (Å²) in [5, 5.41) is 4.25. The minimum atomic E-state index is 0.279. The van der Waals surface area contributed by atoms with Crippen molar-refractivity contribution in [2.45, 2.75) is 25.8 Å². The van der Waals surface area contributed by atoms with Crippen LogP contribution in [0.1, 0.15) is 29.5 Å². The van der Waals surface area contributed by atoms with Crippen LogP contribution in [0.25, 0.3) is 5.57 Å². The molecule has 5 nitrogen and oxygen atoms in total. The van der Waals surface area contributed by atoms with Crippen LogP contribution in [0.5, 0.6) is 0 Å². The van der Waals surface area contributed by atoms with E-state index >= 15 is 0 Å². The summed E-state index contributed by atoms with van der Waals surface area (Å²) in [6.07, 6.45) is 8.89. The van der Waals surface area contributed by atoms with Crippen LogP contribution in [0.15, 0.2) is 42.7 Å². The number of nitrogens with zero attached hydrogens (tertiary/aromatic N) is 4. The maximum atomic E-state index is 12.6. The molecule has 0 saturated heterocycles. The highest BCUT2D eigenvalue weighted by Gasteiger charge is 2.21. The molecule has 2 aliphatic heterocycles. The second-order valence-electron chi connectivity index (χ2n) is 7.27. The van der Waals surface area contributed by atoms with Gasteiger partial charge in [-0.25, -0.2) is 0 Å². The molecule has 2 aliphatic rings. The Morgan fingerprint density at radius 1 is 1.15 bits per heavy atom. The Labute approximate surface area is 154 Å². The van der Waals surface area contributed by atoms with Gasteiger partial charge < -0.3 is 4.90 Å². The first-order valence-electron chi connectivity index (χ1n) is 9.44. The monoisotopic (exact) mass is 350 g/mol. The summed E-state index contributed by atoms with van der Waals surface area (Å²) in [6.45, 7) is 4.38. The Hall–Kier alpha value is -2.40. The molecule has 0 aliphatic carbocycles. The lowest BCUT2D eigenvalue weighted by Gasteiger charge is -2.30.